The van der Waals surface area contributed by atoms with Gasteiger partial charge in [-0.1, -0.05) is 24.6 Å². The Morgan fingerprint density at radius 3 is 2.64 bits per heavy atom. The number of benzene rings is 1. The van der Waals surface area contributed by atoms with Crippen molar-refractivity contribution < 1.29 is 0 Å². The minimum atomic E-state index is 0. The van der Waals surface area contributed by atoms with Gasteiger partial charge in [-0.3, -0.25) is 9.58 Å². The first-order valence-corrected chi connectivity index (χ1v) is 7.60. The molecule has 2 aromatic rings. The molecule has 0 radical (unpaired) electrons. The number of rotatable bonds is 3. The van der Waals surface area contributed by atoms with Gasteiger partial charge in [0.15, 0.2) is 0 Å². The topological polar surface area (TPSA) is 47.1 Å². The zero-order chi connectivity index (χ0) is 15.0. The maximum atomic E-state index is 6.15. The molecule has 2 unspecified atom stereocenters. The molecule has 0 saturated carbocycles. The van der Waals surface area contributed by atoms with Crippen LogP contribution in [-0.4, -0.2) is 33.8 Å². The fourth-order valence-electron chi connectivity index (χ4n) is 3.17. The lowest BCUT2D eigenvalue weighted by Crippen LogP contribution is -2.28. The number of nitrogens with two attached hydrogens (primary N) is 1. The maximum Gasteiger partial charge on any atom is 0.0682 e. The predicted molar refractivity (Wildman–Crippen MR) is 93.0 cm³/mol. The van der Waals surface area contributed by atoms with Crippen molar-refractivity contribution in [2.24, 2.45) is 18.7 Å². The molecule has 1 saturated heterocycles. The van der Waals surface area contributed by atoms with Crippen LogP contribution < -0.4 is 5.73 Å². The normalized spacial score (nSPS) is 21.8. The second-order valence-corrected chi connectivity index (χ2v) is 6.34. The summed E-state index contributed by atoms with van der Waals surface area (Å²) in [5.41, 5.74) is 11.2. The number of halogens is 1. The summed E-state index contributed by atoms with van der Waals surface area (Å²) in [7, 11) is 2.00. The average molecular weight is 321 g/mol. The summed E-state index contributed by atoms with van der Waals surface area (Å²) in [6.07, 6.45) is 1.86. The number of nitrogens with zero attached hydrogens (tertiary/aromatic N) is 3. The van der Waals surface area contributed by atoms with E-state index in [4.69, 9.17) is 5.73 Å². The Morgan fingerprint density at radius 2 is 2.05 bits per heavy atom. The molecule has 4 nitrogen and oxygen atoms in total. The second kappa shape index (κ2) is 6.82. The van der Waals surface area contributed by atoms with Crippen molar-refractivity contribution in [3.05, 3.63) is 41.6 Å². The predicted octanol–water partition coefficient (Wildman–Crippen LogP) is 2.60. The highest BCUT2D eigenvalue weighted by atomic mass is 35.5. The molecule has 1 aromatic carbocycles. The van der Waals surface area contributed by atoms with Crippen LogP contribution in [0.4, 0.5) is 0 Å². The third-order valence-electron chi connectivity index (χ3n) is 4.50. The molecule has 0 bridgehead atoms. The van der Waals surface area contributed by atoms with Crippen molar-refractivity contribution in [3.63, 3.8) is 0 Å². The number of aromatic nitrogens is 2. The molecule has 120 valence electrons. The van der Waals surface area contributed by atoms with Gasteiger partial charge in [0.25, 0.3) is 0 Å². The summed E-state index contributed by atoms with van der Waals surface area (Å²) in [6.45, 7) is 7.40. The number of aryl methyl sites for hydroxylation is 2. The summed E-state index contributed by atoms with van der Waals surface area (Å²) < 4.78 is 1.94. The Balaban J connectivity index is 0.00000176. The number of hydrogen-bond acceptors (Lipinski definition) is 3. The van der Waals surface area contributed by atoms with Gasteiger partial charge in [-0.05, 0) is 30.5 Å². The van der Waals surface area contributed by atoms with Crippen LogP contribution in [0.2, 0.25) is 0 Å². The molecule has 0 aliphatic carbocycles. The molecule has 1 aliphatic rings. The van der Waals surface area contributed by atoms with Gasteiger partial charge in [-0.15, -0.1) is 12.4 Å². The van der Waals surface area contributed by atoms with Gasteiger partial charge in [0.1, 0.15) is 0 Å². The highest BCUT2D eigenvalue weighted by molar-refractivity contribution is 5.85. The van der Waals surface area contributed by atoms with Gasteiger partial charge < -0.3 is 5.73 Å². The van der Waals surface area contributed by atoms with E-state index in [1.165, 1.54) is 22.4 Å². The first kappa shape index (κ1) is 17.0. The average Bonchev–Trinajstić information content (AvgIpc) is 2.99. The highest BCUT2D eigenvalue weighted by Gasteiger charge is 2.27. The summed E-state index contributed by atoms with van der Waals surface area (Å²) >= 11 is 0. The van der Waals surface area contributed by atoms with Gasteiger partial charge >= 0.3 is 0 Å². The van der Waals surface area contributed by atoms with Crippen LogP contribution >= 0.6 is 12.4 Å². The summed E-state index contributed by atoms with van der Waals surface area (Å²) in [6, 6.07) is 9.07. The van der Waals surface area contributed by atoms with E-state index in [0.29, 0.717) is 12.0 Å². The van der Waals surface area contributed by atoms with E-state index in [1.54, 1.807) is 0 Å². The fraction of sp³-hybridized carbons (Fsp3) is 0.471. The molecule has 3 rings (SSSR count). The minimum Gasteiger partial charge on any atom is -0.326 e. The molecular formula is C17H25ClN4. The van der Waals surface area contributed by atoms with Crippen LogP contribution in [0.5, 0.6) is 0 Å². The van der Waals surface area contributed by atoms with Crippen LogP contribution in [0.1, 0.15) is 18.1 Å². The van der Waals surface area contributed by atoms with Gasteiger partial charge in [0.05, 0.1) is 5.69 Å². The van der Waals surface area contributed by atoms with Crippen molar-refractivity contribution in [1.29, 1.82) is 0 Å². The Labute approximate surface area is 138 Å². The van der Waals surface area contributed by atoms with Crippen molar-refractivity contribution in [2.45, 2.75) is 26.4 Å². The molecule has 1 fully saturated rings. The van der Waals surface area contributed by atoms with Crippen LogP contribution in [0.25, 0.3) is 11.3 Å². The van der Waals surface area contributed by atoms with E-state index >= 15 is 0 Å². The van der Waals surface area contributed by atoms with Crippen molar-refractivity contribution >= 4 is 12.4 Å². The first-order chi connectivity index (χ1) is 10.0. The third kappa shape index (κ3) is 3.35. The molecule has 2 heterocycles. The van der Waals surface area contributed by atoms with Gasteiger partial charge in [0.2, 0.25) is 0 Å². The maximum absolute atomic E-state index is 6.15. The lowest BCUT2D eigenvalue weighted by molar-refractivity contribution is 0.319. The Bertz CT molecular complexity index is 627. The third-order valence-corrected chi connectivity index (χ3v) is 4.50. The van der Waals surface area contributed by atoms with E-state index < -0.39 is 0 Å². The smallest absolute Gasteiger partial charge is 0.0682 e. The van der Waals surface area contributed by atoms with E-state index in [9.17, 15) is 0 Å². The monoisotopic (exact) mass is 320 g/mol. The molecule has 2 atom stereocenters. The van der Waals surface area contributed by atoms with Crippen LogP contribution in [0, 0.1) is 12.8 Å². The minimum absolute atomic E-state index is 0. The second-order valence-electron chi connectivity index (χ2n) is 6.34. The fourth-order valence-corrected chi connectivity index (χ4v) is 3.17. The molecule has 5 heteroatoms. The zero-order valence-corrected chi connectivity index (χ0v) is 14.3. The van der Waals surface area contributed by atoms with Crippen molar-refractivity contribution in [2.75, 3.05) is 13.1 Å². The molecule has 22 heavy (non-hydrogen) atoms. The summed E-state index contributed by atoms with van der Waals surface area (Å²) in [5, 5.41) is 4.30. The number of likely N-dealkylation sites (tertiary alicyclic amines) is 1. The van der Waals surface area contributed by atoms with E-state index in [0.717, 1.165) is 19.6 Å². The van der Waals surface area contributed by atoms with Gasteiger partial charge in [0, 0.05) is 44.5 Å². The lowest BCUT2D eigenvalue weighted by Gasteiger charge is -2.18. The SMILES string of the molecule is Cc1ccc(CN2CC(C)C(N)C2)c(-c2ccnn2C)c1.Cl. The molecule has 1 aromatic heterocycles. The van der Waals surface area contributed by atoms with E-state index in [1.807, 2.05) is 17.9 Å². The van der Waals surface area contributed by atoms with Crippen molar-refractivity contribution in [3.8, 4) is 11.3 Å². The highest BCUT2D eigenvalue weighted by Crippen LogP contribution is 2.27. The molecule has 1 aliphatic heterocycles. The van der Waals surface area contributed by atoms with Gasteiger partial charge in [-0.25, -0.2) is 0 Å². The summed E-state index contributed by atoms with van der Waals surface area (Å²) in [4.78, 5) is 2.46. The quantitative estimate of drug-likeness (QED) is 0.945. The van der Waals surface area contributed by atoms with Crippen LogP contribution in [0.15, 0.2) is 30.5 Å². The molecule has 2 N–H and O–H groups in total. The summed E-state index contributed by atoms with van der Waals surface area (Å²) in [5.74, 6) is 0.579. The Hall–Kier alpha value is -1.36. The Morgan fingerprint density at radius 1 is 1.27 bits per heavy atom. The van der Waals surface area contributed by atoms with Gasteiger partial charge in [-0.2, -0.15) is 5.10 Å². The van der Waals surface area contributed by atoms with E-state index in [2.05, 4.69) is 48.1 Å². The van der Waals surface area contributed by atoms with Crippen molar-refractivity contribution in [1.82, 2.24) is 14.7 Å². The standard InChI is InChI=1S/C17H24N4.ClH/c1-12-4-5-14(10-21-9-13(2)16(18)11-21)15(8-12)17-6-7-19-20(17)3;/h4-8,13,16H,9-11,18H2,1-3H3;1H. The Kier molecular flexibility index (Phi) is 5.27. The van der Waals surface area contributed by atoms with Crippen LogP contribution in [-0.2, 0) is 13.6 Å². The lowest BCUT2D eigenvalue weighted by atomic mass is 10.0. The van der Waals surface area contributed by atoms with E-state index in [-0.39, 0.29) is 12.4 Å². The first-order valence-electron chi connectivity index (χ1n) is 7.60. The molecule has 0 amide bonds. The largest absolute Gasteiger partial charge is 0.326 e. The number of hydrogen-bond donors (Lipinski definition) is 1. The zero-order valence-electron chi connectivity index (χ0n) is 13.5. The molecular weight excluding hydrogens is 296 g/mol. The molecule has 0 spiro atoms. The van der Waals surface area contributed by atoms with Crippen LogP contribution in [0.3, 0.4) is 0 Å².